The maximum atomic E-state index is 12.1. The fourth-order valence-corrected chi connectivity index (χ4v) is 3.70. The third kappa shape index (κ3) is 3.61. The van der Waals surface area contributed by atoms with E-state index in [1.165, 1.54) is 0 Å². The zero-order chi connectivity index (χ0) is 17.0. The summed E-state index contributed by atoms with van der Waals surface area (Å²) in [5.41, 5.74) is 0.233. The van der Waals surface area contributed by atoms with Crippen molar-refractivity contribution >= 4 is 11.9 Å². The highest BCUT2D eigenvalue weighted by Crippen LogP contribution is 2.40. The van der Waals surface area contributed by atoms with Crippen molar-refractivity contribution in [2.45, 2.75) is 25.7 Å². The number of amides is 1. The molecular weight excluding hydrogens is 308 g/mol. The van der Waals surface area contributed by atoms with Crippen LogP contribution in [0, 0.1) is 5.41 Å². The van der Waals surface area contributed by atoms with Crippen molar-refractivity contribution in [3.63, 3.8) is 0 Å². The first-order valence-corrected chi connectivity index (χ1v) is 8.54. The first-order chi connectivity index (χ1) is 11.7. The zero-order valence-electron chi connectivity index (χ0n) is 14.5. The van der Waals surface area contributed by atoms with Crippen molar-refractivity contribution in [1.29, 1.82) is 0 Å². The first-order valence-electron chi connectivity index (χ1n) is 8.54. The van der Waals surface area contributed by atoms with Gasteiger partial charge in [-0.15, -0.1) is 0 Å². The number of methoxy groups -OCH3 is 2. The summed E-state index contributed by atoms with van der Waals surface area (Å²) in [6, 6.07) is 1.76. The summed E-state index contributed by atoms with van der Waals surface area (Å²) in [6.45, 7) is 3.98. The van der Waals surface area contributed by atoms with Gasteiger partial charge in [-0.1, -0.05) is 0 Å². The van der Waals surface area contributed by atoms with Crippen molar-refractivity contribution in [2.75, 3.05) is 51.9 Å². The number of anilines is 1. The van der Waals surface area contributed by atoms with E-state index in [0.717, 1.165) is 44.8 Å². The third-order valence-corrected chi connectivity index (χ3v) is 5.25. The van der Waals surface area contributed by atoms with Crippen LogP contribution in [0.4, 0.5) is 5.95 Å². The van der Waals surface area contributed by atoms with Crippen molar-refractivity contribution in [3.8, 4) is 5.88 Å². The number of aromatic nitrogens is 2. The third-order valence-electron chi connectivity index (χ3n) is 5.25. The minimum atomic E-state index is 0.233. The molecule has 1 amide bonds. The fraction of sp³-hybridized carbons (Fsp3) is 0.706. The van der Waals surface area contributed by atoms with E-state index < -0.39 is 0 Å². The second kappa shape index (κ2) is 7.34. The van der Waals surface area contributed by atoms with E-state index in [1.54, 1.807) is 26.5 Å². The number of piperidine rings is 2. The summed E-state index contributed by atoms with van der Waals surface area (Å²) in [5.74, 6) is 1.58. The average Bonchev–Trinajstić information content (AvgIpc) is 2.63. The van der Waals surface area contributed by atoms with E-state index in [9.17, 15) is 4.79 Å². The number of carbonyl (C=O) groups excluding carboxylic acids is 1. The van der Waals surface area contributed by atoms with Gasteiger partial charge in [0.05, 0.1) is 13.7 Å². The Morgan fingerprint density at radius 3 is 2.75 bits per heavy atom. The van der Waals surface area contributed by atoms with Crippen LogP contribution in [0.1, 0.15) is 25.7 Å². The number of nitrogens with zero attached hydrogens (tertiary/aromatic N) is 4. The molecule has 0 aromatic carbocycles. The predicted molar refractivity (Wildman–Crippen MR) is 90.2 cm³/mol. The molecule has 1 aromatic rings. The van der Waals surface area contributed by atoms with Gasteiger partial charge < -0.3 is 19.3 Å². The van der Waals surface area contributed by atoms with E-state index in [0.29, 0.717) is 25.5 Å². The molecule has 2 fully saturated rings. The van der Waals surface area contributed by atoms with Crippen molar-refractivity contribution in [1.82, 2.24) is 14.9 Å². The van der Waals surface area contributed by atoms with Crippen LogP contribution in [0.5, 0.6) is 5.88 Å². The van der Waals surface area contributed by atoms with Gasteiger partial charge in [0.2, 0.25) is 17.7 Å². The summed E-state index contributed by atoms with van der Waals surface area (Å²) in [4.78, 5) is 25.1. The Balaban J connectivity index is 1.62. The molecule has 0 N–H and O–H groups in total. The van der Waals surface area contributed by atoms with E-state index in [-0.39, 0.29) is 11.3 Å². The van der Waals surface area contributed by atoms with Crippen LogP contribution in [0.25, 0.3) is 0 Å². The SMILES string of the molecule is COCCN1CC2(CCC1=O)CCN(c1nccc(OC)n1)CC2. The molecule has 24 heavy (non-hydrogen) atoms. The molecule has 3 rings (SSSR count). The molecule has 1 spiro atoms. The second-order valence-corrected chi connectivity index (χ2v) is 6.69. The summed E-state index contributed by atoms with van der Waals surface area (Å²) >= 11 is 0. The van der Waals surface area contributed by atoms with Gasteiger partial charge in [0, 0.05) is 52.0 Å². The molecule has 0 radical (unpaired) electrons. The number of hydrogen-bond donors (Lipinski definition) is 0. The molecule has 2 aliphatic heterocycles. The van der Waals surface area contributed by atoms with Crippen LogP contribution >= 0.6 is 0 Å². The van der Waals surface area contributed by atoms with Gasteiger partial charge in [0.25, 0.3) is 0 Å². The van der Waals surface area contributed by atoms with E-state index >= 15 is 0 Å². The molecule has 2 aliphatic rings. The van der Waals surface area contributed by atoms with E-state index in [1.807, 2.05) is 4.90 Å². The first kappa shape index (κ1) is 17.0. The topological polar surface area (TPSA) is 67.8 Å². The van der Waals surface area contributed by atoms with E-state index in [2.05, 4.69) is 14.9 Å². The monoisotopic (exact) mass is 334 g/mol. The maximum Gasteiger partial charge on any atom is 0.228 e. The average molecular weight is 334 g/mol. The molecule has 3 heterocycles. The number of ether oxygens (including phenoxy) is 2. The number of likely N-dealkylation sites (tertiary alicyclic amines) is 1. The molecule has 0 bridgehead atoms. The lowest BCUT2D eigenvalue weighted by atomic mass is 9.72. The Labute approximate surface area is 143 Å². The quantitative estimate of drug-likeness (QED) is 0.809. The van der Waals surface area contributed by atoms with Gasteiger partial charge >= 0.3 is 0 Å². The van der Waals surface area contributed by atoms with Gasteiger partial charge in [0.1, 0.15) is 0 Å². The zero-order valence-corrected chi connectivity index (χ0v) is 14.5. The highest BCUT2D eigenvalue weighted by molar-refractivity contribution is 5.77. The molecule has 0 saturated carbocycles. The maximum absolute atomic E-state index is 12.1. The normalized spacial score (nSPS) is 20.5. The predicted octanol–water partition coefficient (Wildman–Crippen LogP) is 1.34. The van der Waals surface area contributed by atoms with Crippen LogP contribution in [0.15, 0.2) is 12.3 Å². The molecule has 0 unspecified atom stereocenters. The lowest BCUT2D eigenvalue weighted by Crippen LogP contribution is -2.52. The van der Waals surface area contributed by atoms with Crippen LogP contribution in [-0.4, -0.2) is 67.8 Å². The summed E-state index contributed by atoms with van der Waals surface area (Å²) < 4.78 is 10.3. The largest absolute Gasteiger partial charge is 0.481 e. The molecular formula is C17H26N4O3. The highest BCUT2D eigenvalue weighted by Gasteiger charge is 2.41. The van der Waals surface area contributed by atoms with Crippen molar-refractivity contribution in [2.24, 2.45) is 5.41 Å². The van der Waals surface area contributed by atoms with Crippen LogP contribution in [0.2, 0.25) is 0 Å². The Hall–Kier alpha value is -1.89. The van der Waals surface area contributed by atoms with Crippen molar-refractivity contribution in [3.05, 3.63) is 12.3 Å². The number of rotatable bonds is 5. The second-order valence-electron chi connectivity index (χ2n) is 6.69. The van der Waals surface area contributed by atoms with Crippen LogP contribution in [0.3, 0.4) is 0 Å². The molecule has 1 aromatic heterocycles. The van der Waals surface area contributed by atoms with Gasteiger partial charge in [-0.3, -0.25) is 4.79 Å². The van der Waals surface area contributed by atoms with Gasteiger partial charge in [0.15, 0.2) is 0 Å². The summed E-state index contributed by atoms with van der Waals surface area (Å²) in [5, 5.41) is 0. The van der Waals surface area contributed by atoms with Gasteiger partial charge in [-0.2, -0.15) is 4.98 Å². The number of hydrogen-bond acceptors (Lipinski definition) is 6. The molecule has 132 valence electrons. The summed E-state index contributed by atoms with van der Waals surface area (Å²) in [6.07, 6.45) is 5.49. The summed E-state index contributed by atoms with van der Waals surface area (Å²) in [7, 11) is 3.29. The van der Waals surface area contributed by atoms with Gasteiger partial charge in [-0.25, -0.2) is 4.98 Å². The van der Waals surface area contributed by atoms with Gasteiger partial charge in [-0.05, 0) is 24.7 Å². The number of carbonyl (C=O) groups is 1. The minimum absolute atomic E-state index is 0.233. The van der Waals surface area contributed by atoms with Crippen molar-refractivity contribution < 1.29 is 14.3 Å². The Morgan fingerprint density at radius 1 is 1.25 bits per heavy atom. The van der Waals surface area contributed by atoms with Crippen LogP contribution < -0.4 is 9.64 Å². The Kier molecular flexibility index (Phi) is 5.18. The lowest BCUT2D eigenvalue weighted by Gasteiger charge is -2.47. The highest BCUT2D eigenvalue weighted by atomic mass is 16.5. The molecule has 0 atom stereocenters. The fourth-order valence-electron chi connectivity index (χ4n) is 3.70. The van der Waals surface area contributed by atoms with Crippen LogP contribution in [-0.2, 0) is 9.53 Å². The van der Waals surface area contributed by atoms with E-state index in [4.69, 9.17) is 9.47 Å². The lowest BCUT2D eigenvalue weighted by molar-refractivity contribution is -0.139. The molecule has 7 heteroatoms. The smallest absolute Gasteiger partial charge is 0.228 e. The molecule has 2 saturated heterocycles. The Bertz CT molecular complexity index is 573. The Morgan fingerprint density at radius 2 is 2.04 bits per heavy atom. The minimum Gasteiger partial charge on any atom is -0.481 e. The standard InChI is InChI=1S/C17H26N4O3/c1-23-12-11-21-13-17(5-3-15(21)22)6-9-20(10-7-17)16-18-8-4-14(19-16)24-2/h4,8H,3,5-7,9-13H2,1-2H3. The molecule has 0 aliphatic carbocycles. The molecule has 7 nitrogen and oxygen atoms in total.